The Balaban J connectivity index is 1.01. The molecule has 0 unspecified atom stereocenters. The molecule has 2 fully saturated rings. The first-order valence-electron chi connectivity index (χ1n) is 18.8. The number of rotatable bonds is 8. The molecular weight excluding hydrogens is 722 g/mol. The van der Waals surface area contributed by atoms with Crippen LogP contribution in [0.5, 0.6) is 0 Å². The van der Waals surface area contributed by atoms with Gasteiger partial charge < -0.3 is 18.1 Å². The summed E-state index contributed by atoms with van der Waals surface area (Å²) in [6, 6.07) is 45.4. The van der Waals surface area contributed by atoms with Crippen molar-refractivity contribution in [3.8, 4) is 44.5 Å². The summed E-state index contributed by atoms with van der Waals surface area (Å²) in [4.78, 5) is 0. The van der Waals surface area contributed by atoms with Crippen LogP contribution < -0.4 is 0 Å². The lowest BCUT2D eigenvalue weighted by Gasteiger charge is -2.43. The summed E-state index contributed by atoms with van der Waals surface area (Å²) in [7, 11) is -7.08. The number of hydrogen-bond acceptors (Lipinski definition) is 6. The van der Waals surface area contributed by atoms with Crippen LogP contribution in [0.3, 0.4) is 0 Å². The Morgan fingerprint density at radius 2 is 0.727 bits per heavy atom. The summed E-state index contributed by atoms with van der Waals surface area (Å²) in [6.45, 7) is 8.93. The molecule has 2 aliphatic rings. The molecule has 2 saturated heterocycles. The third-order valence-corrected chi connectivity index (χ3v) is 14.7. The molecule has 0 amide bonds. The Morgan fingerprint density at radius 1 is 0.436 bits per heavy atom. The van der Waals surface area contributed by atoms with Gasteiger partial charge in [-0.15, -0.1) is 0 Å². The van der Waals surface area contributed by atoms with E-state index >= 15 is 0 Å². The first-order valence-corrected chi connectivity index (χ1v) is 22.3. The molecule has 2 heterocycles. The minimum absolute atomic E-state index is 0.117. The Kier molecular flexibility index (Phi) is 10.4. The largest absolute Gasteiger partial charge is 0.335 e. The molecule has 6 aromatic rings. The zero-order chi connectivity index (χ0) is 38.2. The molecular formula is C47H46O6P2. The molecule has 0 saturated carbocycles. The quantitative estimate of drug-likeness (QED) is 0.144. The van der Waals surface area contributed by atoms with E-state index in [9.17, 15) is 9.13 Å². The minimum Gasteiger partial charge on any atom is -0.307 e. The molecule has 0 aromatic heterocycles. The lowest BCUT2D eigenvalue weighted by molar-refractivity contribution is -0.0690. The van der Waals surface area contributed by atoms with Gasteiger partial charge in [-0.05, 0) is 118 Å². The first kappa shape index (κ1) is 37.5. The Bertz CT molecular complexity index is 2230. The molecule has 0 radical (unpaired) electrons. The summed E-state index contributed by atoms with van der Waals surface area (Å²) in [6.07, 6.45) is 0.268. The normalized spacial score (nSPS) is 22.5. The molecule has 1 spiro atoms. The predicted molar refractivity (Wildman–Crippen MR) is 222 cm³/mol. The topological polar surface area (TPSA) is 71.1 Å². The van der Waals surface area contributed by atoms with Crippen LogP contribution in [0.25, 0.3) is 44.5 Å². The summed E-state index contributed by atoms with van der Waals surface area (Å²) in [5, 5.41) is 0. The Morgan fingerprint density at radius 3 is 1.04 bits per heavy atom. The van der Waals surface area contributed by atoms with Gasteiger partial charge in [-0.25, -0.2) is 0 Å². The predicted octanol–water partition coefficient (Wildman–Crippen LogP) is 12.8. The fraction of sp³-hybridized carbons (Fsp3) is 0.234. The van der Waals surface area contributed by atoms with Crippen LogP contribution in [0, 0.1) is 33.1 Å². The van der Waals surface area contributed by atoms with Gasteiger partial charge in [-0.2, -0.15) is 0 Å². The van der Waals surface area contributed by atoms with E-state index in [-0.39, 0.29) is 38.8 Å². The van der Waals surface area contributed by atoms with Crippen molar-refractivity contribution < 1.29 is 27.2 Å². The van der Waals surface area contributed by atoms with Gasteiger partial charge >= 0.3 is 15.2 Å². The van der Waals surface area contributed by atoms with Gasteiger partial charge in [0.25, 0.3) is 0 Å². The maximum absolute atomic E-state index is 14.3. The van der Waals surface area contributed by atoms with E-state index in [2.05, 4.69) is 88.4 Å². The van der Waals surface area contributed by atoms with E-state index < -0.39 is 20.6 Å². The molecule has 280 valence electrons. The highest BCUT2D eigenvalue weighted by Crippen LogP contribution is 2.62. The van der Waals surface area contributed by atoms with Gasteiger partial charge in [0, 0.05) is 0 Å². The van der Waals surface area contributed by atoms with Crippen molar-refractivity contribution >= 4 is 15.2 Å². The molecule has 0 N–H and O–H groups in total. The van der Waals surface area contributed by atoms with Crippen molar-refractivity contribution in [2.45, 2.75) is 40.0 Å². The summed E-state index contributed by atoms with van der Waals surface area (Å²) in [5.74, 6) is 0. The van der Waals surface area contributed by atoms with E-state index in [0.29, 0.717) is 0 Å². The van der Waals surface area contributed by atoms with Crippen LogP contribution in [-0.2, 0) is 39.5 Å². The van der Waals surface area contributed by atoms with E-state index in [1.807, 2.05) is 72.8 Å². The average molecular weight is 769 g/mol. The minimum atomic E-state index is -3.54. The molecule has 6 nitrogen and oxygen atoms in total. The second kappa shape index (κ2) is 15.3. The molecule has 6 aromatic carbocycles. The fourth-order valence-electron chi connectivity index (χ4n) is 8.04. The van der Waals surface area contributed by atoms with Crippen molar-refractivity contribution in [3.63, 3.8) is 0 Å². The van der Waals surface area contributed by atoms with Crippen LogP contribution in [0.2, 0.25) is 0 Å². The first-order chi connectivity index (χ1) is 26.6. The van der Waals surface area contributed by atoms with E-state index in [0.717, 1.165) is 77.9 Å². The second-order valence-electron chi connectivity index (χ2n) is 15.0. The van der Waals surface area contributed by atoms with Crippen molar-refractivity contribution in [1.82, 2.24) is 0 Å². The van der Waals surface area contributed by atoms with Gasteiger partial charge in [0.2, 0.25) is 0 Å². The summed E-state index contributed by atoms with van der Waals surface area (Å²) in [5.41, 5.74) is 14.3. The molecule has 8 heteroatoms. The standard InChI is InChI=1S/C47H46O6P2/c1-33-41(25-43(37-17-9-5-10-18-37)35(3)45(33)39-21-13-7-14-22-39)27-54(48)50-29-47(30-51-54)31-52-55(49,53-32-47)28-42-26-44(38-19-11-6-12-20-38)36(4)46(34(42)2)40-23-15-8-16-24-40/h5-26H,27-32H2,1-4H3. The Hall–Kier alpha value is -4.38. The highest BCUT2D eigenvalue weighted by atomic mass is 31.2. The number of hydrogen-bond donors (Lipinski definition) is 0. The van der Waals surface area contributed by atoms with Crippen LogP contribution >= 0.6 is 15.2 Å². The number of benzene rings is 6. The third kappa shape index (κ3) is 7.61. The van der Waals surface area contributed by atoms with Crippen molar-refractivity contribution in [3.05, 3.63) is 167 Å². The lowest BCUT2D eigenvalue weighted by atomic mass is 9.87. The highest BCUT2D eigenvalue weighted by Gasteiger charge is 2.49. The van der Waals surface area contributed by atoms with Gasteiger partial charge in [-0.1, -0.05) is 121 Å². The van der Waals surface area contributed by atoms with E-state index in [4.69, 9.17) is 18.1 Å². The van der Waals surface area contributed by atoms with Crippen LogP contribution in [0.4, 0.5) is 0 Å². The summed E-state index contributed by atoms with van der Waals surface area (Å²) < 4.78 is 53.3. The highest BCUT2D eigenvalue weighted by molar-refractivity contribution is 7.53. The summed E-state index contributed by atoms with van der Waals surface area (Å²) >= 11 is 0. The van der Waals surface area contributed by atoms with Crippen LogP contribution in [0.15, 0.2) is 133 Å². The zero-order valence-corrected chi connectivity index (χ0v) is 33.6. The van der Waals surface area contributed by atoms with Crippen molar-refractivity contribution in [1.29, 1.82) is 0 Å². The van der Waals surface area contributed by atoms with Gasteiger partial charge in [0.1, 0.15) is 0 Å². The third-order valence-electron chi connectivity index (χ3n) is 11.2. The molecule has 8 rings (SSSR count). The smallest absolute Gasteiger partial charge is 0.307 e. The molecule has 55 heavy (non-hydrogen) atoms. The van der Waals surface area contributed by atoms with Crippen molar-refractivity contribution in [2.75, 3.05) is 26.4 Å². The van der Waals surface area contributed by atoms with Crippen molar-refractivity contribution in [2.24, 2.45) is 5.41 Å². The Labute approximate surface area is 324 Å². The maximum atomic E-state index is 14.3. The second-order valence-corrected chi connectivity index (χ2v) is 19.1. The molecule has 0 bridgehead atoms. The molecule has 0 aliphatic carbocycles. The van der Waals surface area contributed by atoms with E-state index in [1.165, 1.54) is 0 Å². The van der Waals surface area contributed by atoms with E-state index in [1.54, 1.807) is 0 Å². The van der Waals surface area contributed by atoms with Crippen LogP contribution in [-0.4, -0.2) is 26.4 Å². The SMILES string of the molecule is Cc1c(CP2(=O)OCC3(CO2)COP(=O)(Cc2cc(-c4ccccc4)c(C)c(-c4ccccc4)c2C)OC3)cc(-c2ccccc2)c(C)c1-c1ccccc1. The lowest BCUT2D eigenvalue weighted by Crippen LogP contribution is -2.45. The fourth-order valence-corrected chi connectivity index (χ4v) is 11.9. The molecule has 0 atom stereocenters. The van der Waals surface area contributed by atoms with Gasteiger partial charge in [-0.3, -0.25) is 9.13 Å². The molecule has 2 aliphatic heterocycles. The van der Waals surface area contributed by atoms with Gasteiger partial charge in [0.05, 0.1) is 44.2 Å². The average Bonchev–Trinajstić information content (AvgIpc) is 3.21. The van der Waals surface area contributed by atoms with Gasteiger partial charge in [0.15, 0.2) is 0 Å². The van der Waals surface area contributed by atoms with Crippen LogP contribution in [0.1, 0.15) is 33.4 Å². The maximum Gasteiger partial charge on any atom is 0.335 e. The monoisotopic (exact) mass is 768 g/mol. The zero-order valence-electron chi connectivity index (χ0n) is 31.8.